The van der Waals surface area contributed by atoms with Crippen LogP contribution in [0.3, 0.4) is 0 Å². The molecule has 1 aromatic rings. The first-order valence-electron chi connectivity index (χ1n) is 10.2. The molecule has 0 aliphatic carbocycles. The van der Waals surface area contributed by atoms with Gasteiger partial charge in [-0.15, -0.1) is 11.8 Å². The van der Waals surface area contributed by atoms with Gasteiger partial charge < -0.3 is 15.0 Å². The van der Waals surface area contributed by atoms with Crippen LogP contribution in [0.4, 0.5) is 0 Å². The lowest BCUT2D eigenvalue weighted by Gasteiger charge is -2.31. The van der Waals surface area contributed by atoms with Gasteiger partial charge in [0.2, 0.25) is 11.8 Å². The van der Waals surface area contributed by atoms with Crippen molar-refractivity contribution in [2.75, 3.05) is 38.5 Å². The van der Waals surface area contributed by atoms with Crippen LogP contribution >= 0.6 is 46.7 Å². The summed E-state index contributed by atoms with van der Waals surface area (Å²) < 4.78 is 4.80. The van der Waals surface area contributed by atoms with E-state index in [4.69, 9.17) is 27.9 Å². The molecule has 1 aliphatic heterocycles. The Balaban J connectivity index is 1.91. The summed E-state index contributed by atoms with van der Waals surface area (Å²) in [5.41, 5.74) is 0.677. The molecule has 6 nitrogen and oxygen atoms in total. The molecule has 1 fully saturated rings. The van der Waals surface area contributed by atoms with E-state index in [9.17, 15) is 14.4 Å². The van der Waals surface area contributed by atoms with Gasteiger partial charge in [-0.05, 0) is 55.2 Å². The van der Waals surface area contributed by atoms with Crippen molar-refractivity contribution >= 4 is 70.6 Å². The summed E-state index contributed by atoms with van der Waals surface area (Å²) in [4.78, 5) is 39.7. The second-order valence-electron chi connectivity index (χ2n) is 7.28. The molecule has 10 heteroatoms. The summed E-state index contributed by atoms with van der Waals surface area (Å²) in [6, 6.07) is 3.06. The number of halogens is 2. The topological polar surface area (TPSA) is 75.7 Å². The highest BCUT2D eigenvalue weighted by atomic mass is 35.5. The number of thioether (sulfide) groups is 2. The minimum atomic E-state index is -0.642. The lowest BCUT2D eigenvalue weighted by molar-refractivity contribution is -0.145. The van der Waals surface area contributed by atoms with Crippen LogP contribution in [-0.2, 0) is 19.1 Å². The van der Waals surface area contributed by atoms with Gasteiger partial charge in [-0.2, -0.15) is 11.8 Å². The second-order valence-corrected chi connectivity index (χ2v) is 9.87. The van der Waals surface area contributed by atoms with E-state index < -0.39 is 12.0 Å². The number of carbonyl (C=O) groups excluding carboxylic acids is 3. The van der Waals surface area contributed by atoms with Crippen LogP contribution in [0, 0.1) is 5.92 Å². The Bertz CT molecular complexity index is 859. The Labute approximate surface area is 207 Å². The average Bonchev–Trinajstić information content (AvgIpc) is 2.81. The number of nitrogens with one attached hydrogen (secondary N) is 1. The predicted molar refractivity (Wildman–Crippen MR) is 134 cm³/mol. The van der Waals surface area contributed by atoms with E-state index in [-0.39, 0.29) is 17.7 Å². The Morgan fingerprint density at radius 1 is 1.22 bits per heavy atom. The fraction of sp³-hybridized carbons (Fsp3) is 0.500. The number of nitrogens with zero attached hydrogens (tertiary/aromatic N) is 1. The molecule has 1 aromatic carbocycles. The number of benzene rings is 1. The lowest BCUT2D eigenvalue weighted by atomic mass is 9.95. The molecular formula is C22H28Cl2N2O4S2. The maximum absolute atomic E-state index is 12.6. The van der Waals surface area contributed by atoms with E-state index in [1.165, 1.54) is 24.9 Å². The van der Waals surface area contributed by atoms with Crippen LogP contribution in [-0.4, -0.2) is 67.2 Å². The molecule has 0 saturated carbocycles. The minimum absolute atomic E-state index is 0.141. The van der Waals surface area contributed by atoms with Crippen LogP contribution in [0.15, 0.2) is 23.1 Å². The van der Waals surface area contributed by atoms with E-state index in [0.717, 1.165) is 10.6 Å². The van der Waals surface area contributed by atoms with Crippen LogP contribution < -0.4 is 5.32 Å². The molecule has 1 unspecified atom stereocenters. The van der Waals surface area contributed by atoms with E-state index in [2.05, 4.69) is 5.32 Å². The van der Waals surface area contributed by atoms with E-state index in [1.54, 1.807) is 22.7 Å². The molecule has 1 aliphatic rings. The van der Waals surface area contributed by atoms with Gasteiger partial charge >= 0.3 is 5.97 Å². The van der Waals surface area contributed by atoms with E-state index in [1.807, 2.05) is 24.6 Å². The van der Waals surface area contributed by atoms with Gasteiger partial charge in [0, 0.05) is 30.0 Å². The molecule has 0 bridgehead atoms. The highest BCUT2D eigenvalue weighted by Gasteiger charge is 2.29. The molecule has 0 spiro atoms. The van der Waals surface area contributed by atoms with E-state index in [0.29, 0.717) is 48.0 Å². The zero-order valence-electron chi connectivity index (χ0n) is 18.4. The number of ether oxygens (including phenoxy) is 1. The number of hydrogen-bond acceptors (Lipinski definition) is 6. The van der Waals surface area contributed by atoms with Crippen LogP contribution in [0.5, 0.6) is 0 Å². The van der Waals surface area contributed by atoms with Crippen molar-refractivity contribution in [1.82, 2.24) is 10.2 Å². The first kappa shape index (κ1) is 26.9. The van der Waals surface area contributed by atoms with Gasteiger partial charge in [0.1, 0.15) is 6.04 Å². The normalized spacial score (nSPS) is 15.6. The van der Waals surface area contributed by atoms with Gasteiger partial charge in [-0.25, -0.2) is 4.79 Å². The zero-order chi connectivity index (χ0) is 23.7. The monoisotopic (exact) mass is 518 g/mol. The van der Waals surface area contributed by atoms with Gasteiger partial charge in [-0.3, -0.25) is 9.59 Å². The van der Waals surface area contributed by atoms with Crippen LogP contribution in [0.1, 0.15) is 24.8 Å². The van der Waals surface area contributed by atoms with Gasteiger partial charge in [-0.1, -0.05) is 29.3 Å². The summed E-state index contributed by atoms with van der Waals surface area (Å²) in [5.74, 6) is -0.239. The highest BCUT2D eigenvalue weighted by Crippen LogP contribution is 2.35. The van der Waals surface area contributed by atoms with Crippen molar-refractivity contribution in [3.63, 3.8) is 0 Å². The molecule has 1 heterocycles. The number of rotatable bonds is 9. The van der Waals surface area contributed by atoms with Crippen molar-refractivity contribution in [2.45, 2.75) is 30.2 Å². The second kappa shape index (κ2) is 13.4. The molecule has 1 N–H and O–H groups in total. The number of piperidine rings is 1. The third-order valence-electron chi connectivity index (χ3n) is 5.29. The standard InChI is InChI=1S/C22H28Cl2N2O4S2/c1-30-22(29)16(10-13-31-2)25-21(28)15-8-11-26(12-9-15)18(27)7-5-14-4-6-17(32-3)20(24)19(14)23/h4-7,15-16H,8-13H2,1-3H3,(H,25,28). The number of methoxy groups -OCH3 is 1. The Morgan fingerprint density at radius 2 is 1.91 bits per heavy atom. The molecule has 32 heavy (non-hydrogen) atoms. The summed E-state index contributed by atoms with van der Waals surface area (Å²) in [6.07, 6.45) is 8.60. The molecule has 0 aromatic heterocycles. The van der Waals surface area contributed by atoms with Crippen molar-refractivity contribution in [2.24, 2.45) is 5.92 Å². The SMILES string of the molecule is COC(=O)C(CCSC)NC(=O)C1CCN(C(=O)C=Cc2ccc(SC)c(Cl)c2Cl)CC1. The summed E-state index contributed by atoms with van der Waals surface area (Å²) in [7, 11) is 1.32. The smallest absolute Gasteiger partial charge is 0.328 e. The highest BCUT2D eigenvalue weighted by molar-refractivity contribution is 7.98. The fourth-order valence-corrected chi connectivity index (χ4v) is 5.02. The molecule has 2 rings (SSSR count). The number of esters is 1. The van der Waals surface area contributed by atoms with Crippen molar-refractivity contribution in [1.29, 1.82) is 0 Å². The number of hydrogen-bond donors (Lipinski definition) is 1. The minimum Gasteiger partial charge on any atom is -0.467 e. The van der Waals surface area contributed by atoms with Crippen molar-refractivity contribution < 1.29 is 19.1 Å². The van der Waals surface area contributed by atoms with Gasteiger partial charge in [0.25, 0.3) is 0 Å². The van der Waals surface area contributed by atoms with Crippen LogP contribution in [0.2, 0.25) is 10.0 Å². The summed E-state index contributed by atoms with van der Waals surface area (Å²) in [6.45, 7) is 0.934. The van der Waals surface area contributed by atoms with E-state index >= 15 is 0 Å². The maximum atomic E-state index is 12.6. The quantitative estimate of drug-likeness (QED) is 0.297. The first-order valence-corrected chi connectivity index (χ1v) is 13.6. The molecular weight excluding hydrogens is 491 g/mol. The fourth-order valence-electron chi connectivity index (χ4n) is 3.38. The molecule has 1 saturated heterocycles. The van der Waals surface area contributed by atoms with Gasteiger partial charge in [0.15, 0.2) is 0 Å². The molecule has 1 atom stereocenters. The summed E-state index contributed by atoms with van der Waals surface area (Å²) in [5, 5.41) is 3.70. The Kier molecular flexibility index (Phi) is 11.2. The first-order chi connectivity index (χ1) is 15.3. The third-order valence-corrected chi connectivity index (χ3v) is 7.72. The molecule has 2 amide bonds. The maximum Gasteiger partial charge on any atom is 0.328 e. The number of carbonyl (C=O) groups is 3. The molecule has 0 radical (unpaired) electrons. The largest absolute Gasteiger partial charge is 0.467 e. The molecule has 176 valence electrons. The summed E-state index contributed by atoms with van der Waals surface area (Å²) >= 11 is 15.7. The Hall–Kier alpha value is -1.35. The van der Waals surface area contributed by atoms with Gasteiger partial charge in [0.05, 0.1) is 17.2 Å². The van der Waals surface area contributed by atoms with Crippen LogP contribution in [0.25, 0.3) is 6.08 Å². The third kappa shape index (κ3) is 7.33. The van der Waals surface area contributed by atoms with Crippen molar-refractivity contribution in [3.8, 4) is 0 Å². The Morgan fingerprint density at radius 3 is 2.50 bits per heavy atom. The number of amides is 2. The van der Waals surface area contributed by atoms with Crippen molar-refractivity contribution in [3.05, 3.63) is 33.8 Å². The predicted octanol–water partition coefficient (Wildman–Crippen LogP) is 4.38. The lowest BCUT2D eigenvalue weighted by Crippen LogP contribution is -2.47. The number of likely N-dealkylation sites (tertiary alicyclic amines) is 1. The average molecular weight is 520 g/mol. The zero-order valence-corrected chi connectivity index (χ0v) is 21.5.